The third-order valence-corrected chi connectivity index (χ3v) is 3.75. The van der Waals surface area contributed by atoms with Crippen LogP contribution in [0.2, 0.25) is 0 Å². The van der Waals surface area contributed by atoms with Crippen molar-refractivity contribution in [3.05, 3.63) is 12.7 Å². The van der Waals surface area contributed by atoms with Crippen LogP contribution in [0.4, 0.5) is 0 Å². The minimum Gasteiger partial charge on any atom is -0.462 e. The first-order valence-corrected chi connectivity index (χ1v) is 9.03. The SMILES string of the molecule is C=CC(=O)OCCOC(=O)CCC(=O)NCC(=O)OC(C)CSCC. The van der Waals surface area contributed by atoms with Crippen LogP contribution in [0.5, 0.6) is 0 Å². The topological polar surface area (TPSA) is 108 Å². The van der Waals surface area contributed by atoms with Gasteiger partial charge in [-0.15, -0.1) is 0 Å². The maximum atomic E-state index is 11.6. The maximum Gasteiger partial charge on any atom is 0.330 e. The first-order chi connectivity index (χ1) is 11.9. The average molecular weight is 375 g/mol. The van der Waals surface area contributed by atoms with Gasteiger partial charge in [0.25, 0.3) is 0 Å². The van der Waals surface area contributed by atoms with E-state index in [1.54, 1.807) is 18.7 Å². The number of hydrogen-bond donors (Lipinski definition) is 1. The molecule has 1 atom stereocenters. The largest absolute Gasteiger partial charge is 0.462 e. The number of carbonyl (C=O) groups excluding carboxylic acids is 4. The van der Waals surface area contributed by atoms with Crippen LogP contribution in [0, 0.1) is 0 Å². The molecule has 1 N–H and O–H groups in total. The quantitative estimate of drug-likeness (QED) is 0.218. The molecule has 0 radical (unpaired) electrons. The molecule has 0 fully saturated rings. The van der Waals surface area contributed by atoms with E-state index in [1.165, 1.54) is 0 Å². The maximum absolute atomic E-state index is 11.6. The third-order valence-electron chi connectivity index (χ3n) is 2.63. The number of nitrogens with one attached hydrogen (secondary N) is 1. The van der Waals surface area contributed by atoms with E-state index in [0.717, 1.165) is 11.8 Å². The summed E-state index contributed by atoms with van der Waals surface area (Å²) in [4.78, 5) is 45.2. The van der Waals surface area contributed by atoms with E-state index in [4.69, 9.17) is 9.47 Å². The van der Waals surface area contributed by atoms with Crippen LogP contribution in [0.1, 0.15) is 26.7 Å². The van der Waals surface area contributed by atoms with E-state index >= 15 is 0 Å². The molecule has 25 heavy (non-hydrogen) atoms. The predicted molar refractivity (Wildman–Crippen MR) is 92.9 cm³/mol. The highest BCUT2D eigenvalue weighted by molar-refractivity contribution is 7.99. The first kappa shape index (κ1) is 23.0. The standard InChI is InChI=1S/C16H25NO7S/c1-4-14(19)22-8-9-23-15(20)7-6-13(18)17-10-16(21)24-12(3)11-25-5-2/h4,12H,1,5-11H2,2-3H3,(H,17,18). The van der Waals surface area contributed by atoms with E-state index in [1.807, 2.05) is 6.92 Å². The third kappa shape index (κ3) is 14.1. The summed E-state index contributed by atoms with van der Waals surface area (Å²) in [5, 5.41) is 2.38. The van der Waals surface area contributed by atoms with Gasteiger partial charge in [0.05, 0.1) is 6.42 Å². The van der Waals surface area contributed by atoms with Gasteiger partial charge in [0.15, 0.2) is 0 Å². The summed E-state index contributed by atoms with van der Waals surface area (Å²) in [6.07, 6.45) is 0.528. The van der Waals surface area contributed by atoms with Crippen molar-refractivity contribution in [2.24, 2.45) is 0 Å². The van der Waals surface area contributed by atoms with Gasteiger partial charge in [0.1, 0.15) is 25.9 Å². The highest BCUT2D eigenvalue weighted by atomic mass is 32.2. The minimum atomic E-state index is -0.607. The van der Waals surface area contributed by atoms with Crippen LogP contribution >= 0.6 is 11.8 Å². The van der Waals surface area contributed by atoms with Crippen molar-refractivity contribution in [1.29, 1.82) is 0 Å². The average Bonchev–Trinajstić information content (AvgIpc) is 2.59. The Hall–Kier alpha value is -2.03. The summed E-state index contributed by atoms with van der Waals surface area (Å²) in [7, 11) is 0. The monoisotopic (exact) mass is 375 g/mol. The number of hydrogen-bond acceptors (Lipinski definition) is 8. The van der Waals surface area contributed by atoms with Crippen molar-refractivity contribution >= 4 is 35.6 Å². The van der Waals surface area contributed by atoms with Crippen molar-refractivity contribution in [2.75, 3.05) is 31.3 Å². The van der Waals surface area contributed by atoms with Gasteiger partial charge in [-0.25, -0.2) is 4.79 Å². The summed E-state index contributed by atoms with van der Waals surface area (Å²) in [5.41, 5.74) is 0. The smallest absolute Gasteiger partial charge is 0.330 e. The fourth-order valence-corrected chi connectivity index (χ4v) is 2.12. The zero-order valence-corrected chi connectivity index (χ0v) is 15.4. The van der Waals surface area contributed by atoms with Crippen molar-refractivity contribution in [1.82, 2.24) is 5.32 Å². The molecule has 0 rings (SSSR count). The zero-order valence-electron chi connectivity index (χ0n) is 14.6. The lowest BCUT2D eigenvalue weighted by molar-refractivity contribution is -0.150. The van der Waals surface area contributed by atoms with Gasteiger partial charge in [-0.1, -0.05) is 13.5 Å². The molecular weight excluding hydrogens is 350 g/mol. The Labute approximate surface area is 151 Å². The first-order valence-electron chi connectivity index (χ1n) is 7.87. The molecule has 0 aromatic heterocycles. The molecule has 0 saturated carbocycles. The van der Waals surface area contributed by atoms with Gasteiger partial charge in [0.2, 0.25) is 5.91 Å². The Morgan fingerprint density at radius 1 is 1.12 bits per heavy atom. The van der Waals surface area contributed by atoms with Crippen LogP contribution in [-0.4, -0.2) is 61.2 Å². The predicted octanol–water partition coefficient (Wildman–Crippen LogP) is 0.840. The molecule has 8 nitrogen and oxygen atoms in total. The Balaban J connectivity index is 3.74. The molecule has 0 saturated heterocycles. The van der Waals surface area contributed by atoms with Gasteiger partial charge < -0.3 is 19.5 Å². The molecule has 142 valence electrons. The Morgan fingerprint density at radius 2 is 1.80 bits per heavy atom. The fourth-order valence-electron chi connectivity index (χ4n) is 1.49. The van der Waals surface area contributed by atoms with E-state index in [0.29, 0.717) is 5.75 Å². The van der Waals surface area contributed by atoms with Crippen LogP contribution < -0.4 is 5.32 Å². The number of thioether (sulfide) groups is 1. The highest BCUT2D eigenvalue weighted by Gasteiger charge is 2.12. The van der Waals surface area contributed by atoms with E-state index in [-0.39, 0.29) is 38.7 Å². The lowest BCUT2D eigenvalue weighted by Gasteiger charge is -2.12. The van der Waals surface area contributed by atoms with E-state index < -0.39 is 23.8 Å². The molecule has 0 aliphatic heterocycles. The second kappa shape index (κ2) is 14.3. The van der Waals surface area contributed by atoms with Gasteiger partial charge in [-0.3, -0.25) is 14.4 Å². The summed E-state index contributed by atoms with van der Waals surface area (Å²) >= 11 is 1.66. The second-order valence-corrected chi connectivity index (χ2v) is 6.15. The molecule has 0 aromatic carbocycles. The van der Waals surface area contributed by atoms with Crippen molar-refractivity contribution < 1.29 is 33.4 Å². The molecule has 1 amide bonds. The molecule has 1 unspecified atom stereocenters. The Bertz CT molecular complexity index is 467. The highest BCUT2D eigenvalue weighted by Crippen LogP contribution is 2.04. The van der Waals surface area contributed by atoms with Crippen LogP contribution in [0.15, 0.2) is 12.7 Å². The van der Waals surface area contributed by atoms with Crippen molar-refractivity contribution in [2.45, 2.75) is 32.8 Å². The summed E-state index contributed by atoms with van der Waals surface area (Å²) in [6, 6.07) is 0. The number of ether oxygens (including phenoxy) is 3. The fraction of sp³-hybridized carbons (Fsp3) is 0.625. The lowest BCUT2D eigenvalue weighted by Crippen LogP contribution is -2.32. The molecule has 0 aromatic rings. The van der Waals surface area contributed by atoms with Gasteiger partial charge in [0, 0.05) is 18.2 Å². The number of esters is 3. The van der Waals surface area contributed by atoms with Crippen molar-refractivity contribution in [3.63, 3.8) is 0 Å². The summed E-state index contributed by atoms with van der Waals surface area (Å²) in [5.74, 6) is -0.551. The molecule has 0 heterocycles. The van der Waals surface area contributed by atoms with Gasteiger partial charge >= 0.3 is 17.9 Å². The van der Waals surface area contributed by atoms with Crippen molar-refractivity contribution in [3.8, 4) is 0 Å². The van der Waals surface area contributed by atoms with Crippen LogP contribution in [-0.2, 0) is 33.4 Å². The molecule has 0 aliphatic carbocycles. The number of carbonyl (C=O) groups is 4. The minimum absolute atomic E-state index is 0.0802. The van der Waals surface area contributed by atoms with E-state index in [9.17, 15) is 19.2 Å². The summed E-state index contributed by atoms with van der Waals surface area (Å²) in [6.45, 7) is 6.59. The summed E-state index contributed by atoms with van der Waals surface area (Å²) < 4.78 is 14.5. The van der Waals surface area contributed by atoms with Gasteiger partial charge in [-0.05, 0) is 12.7 Å². The second-order valence-electron chi connectivity index (χ2n) is 4.83. The van der Waals surface area contributed by atoms with Crippen LogP contribution in [0.25, 0.3) is 0 Å². The normalized spacial score (nSPS) is 11.1. The lowest BCUT2D eigenvalue weighted by atomic mass is 10.3. The molecule has 0 aliphatic rings. The van der Waals surface area contributed by atoms with Gasteiger partial charge in [-0.2, -0.15) is 11.8 Å². The molecule has 0 spiro atoms. The Kier molecular flexibility index (Phi) is 13.2. The molecular formula is C16H25NO7S. The number of amides is 1. The van der Waals surface area contributed by atoms with E-state index in [2.05, 4.69) is 16.6 Å². The Morgan fingerprint density at radius 3 is 2.44 bits per heavy atom. The zero-order chi connectivity index (χ0) is 19.1. The molecule has 9 heteroatoms. The number of rotatable bonds is 13. The van der Waals surface area contributed by atoms with Crippen LogP contribution in [0.3, 0.4) is 0 Å². The molecule has 0 bridgehead atoms.